The summed E-state index contributed by atoms with van der Waals surface area (Å²) in [6.07, 6.45) is 3.15. The highest BCUT2D eigenvalue weighted by molar-refractivity contribution is 5.97. The van der Waals surface area contributed by atoms with Gasteiger partial charge in [0.1, 0.15) is 5.75 Å². The van der Waals surface area contributed by atoms with Gasteiger partial charge in [-0.05, 0) is 38.3 Å². The van der Waals surface area contributed by atoms with Crippen LogP contribution in [0.4, 0.5) is 5.69 Å². The van der Waals surface area contributed by atoms with Gasteiger partial charge in [0.2, 0.25) is 0 Å². The van der Waals surface area contributed by atoms with E-state index < -0.39 is 0 Å². The van der Waals surface area contributed by atoms with Crippen LogP contribution in [-0.2, 0) is 9.53 Å². The molecule has 1 amide bonds. The predicted octanol–water partition coefficient (Wildman–Crippen LogP) is 1.88. The minimum Gasteiger partial charge on any atom is -0.482 e. The van der Waals surface area contributed by atoms with Crippen molar-refractivity contribution >= 4 is 17.6 Å². The molecule has 1 unspecified atom stereocenters. The van der Waals surface area contributed by atoms with Gasteiger partial charge in [-0.25, -0.2) is 0 Å². The lowest BCUT2D eigenvalue weighted by Crippen LogP contribution is -2.42. The molecular formula is C21H30N4O3. The molecule has 3 aliphatic rings. The van der Waals surface area contributed by atoms with Gasteiger partial charge in [-0.15, -0.1) is 0 Å². The van der Waals surface area contributed by atoms with Crippen LogP contribution in [0.3, 0.4) is 0 Å². The van der Waals surface area contributed by atoms with Gasteiger partial charge in [-0.3, -0.25) is 9.79 Å². The molecule has 1 N–H and O–H groups in total. The lowest BCUT2D eigenvalue weighted by molar-refractivity contribution is -0.121. The Morgan fingerprint density at radius 3 is 3.04 bits per heavy atom. The van der Waals surface area contributed by atoms with Crippen LogP contribution in [0.15, 0.2) is 29.3 Å². The number of amides is 1. The fraction of sp³-hybridized carbons (Fsp3) is 0.619. The fourth-order valence-electron chi connectivity index (χ4n) is 4.33. The van der Waals surface area contributed by atoms with Crippen LogP contribution in [0.25, 0.3) is 0 Å². The average Bonchev–Trinajstić information content (AvgIpc) is 3.35. The van der Waals surface area contributed by atoms with Gasteiger partial charge in [-0.2, -0.15) is 0 Å². The Kier molecular flexibility index (Phi) is 5.71. The van der Waals surface area contributed by atoms with Gasteiger partial charge in [0.25, 0.3) is 5.91 Å². The standard InChI is InChI=1S/C21H30N4O3/c1-2-22-20(24-12-8-21(15-24)9-13-27-16-21)23-10-5-11-25-17-6-3-4-7-18(17)28-14-19(25)26/h3-4,6-7H,2,5,8-16H2,1H3,(H,22,23). The van der Waals surface area contributed by atoms with E-state index in [0.29, 0.717) is 18.5 Å². The zero-order valence-electron chi connectivity index (χ0n) is 16.7. The van der Waals surface area contributed by atoms with E-state index in [9.17, 15) is 4.79 Å². The molecular weight excluding hydrogens is 356 g/mol. The molecule has 1 aromatic carbocycles. The van der Waals surface area contributed by atoms with Crippen molar-refractivity contribution < 1.29 is 14.3 Å². The Bertz CT molecular complexity index is 730. The van der Waals surface area contributed by atoms with Gasteiger partial charge >= 0.3 is 0 Å². The first kappa shape index (κ1) is 19.1. The van der Waals surface area contributed by atoms with Crippen molar-refractivity contribution in [2.24, 2.45) is 10.4 Å². The minimum absolute atomic E-state index is 0.0114. The molecule has 0 radical (unpaired) electrons. The molecule has 7 heteroatoms. The molecule has 3 aliphatic heterocycles. The molecule has 0 aromatic heterocycles. The van der Waals surface area contributed by atoms with Crippen molar-refractivity contribution in [2.45, 2.75) is 26.2 Å². The summed E-state index contributed by atoms with van der Waals surface area (Å²) in [6, 6.07) is 7.71. The van der Waals surface area contributed by atoms with Crippen LogP contribution in [0, 0.1) is 5.41 Å². The summed E-state index contributed by atoms with van der Waals surface area (Å²) in [7, 11) is 0. The SMILES string of the molecule is CCNC(=NCCCN1C(=O)COc2ccccc21)N1CCC2(CCOC2)C1. The Morgan fingerprint density at radius 2 is 2.21 bits per heavy atom. The Balaban J connectivity index is 1.34. The van der Waals surface area contributed by atoms with Crippen molar-refractivity contribution in [1.29, 1.82) is 0 Å². The van der Waals surface area contributed by atoms with E-state index in [-0.39, 0.29) is 12.5 Å². The van der Waals surface area contributed by atoms with E-state index in [4.69, 9.17) is 14.5 Å². The first-order chi connectivity index (χ1) is 13.7. The third-order valence-corrected chi connectivity index (χ3v) is 5.87. The maximum absolute atomic E-state index is 12.3. The number of fused-ring (bicyclic) bond motifs is 1. The number of benzene rings is 1. The Morgan fingerprint density at radius 1 is 1.32 bits per heavy atom. The van der Waals surface area contributed by atoms with Crippen LogP contribution in [-0.4, -0.2) is 69.3 Å². The predicted molar refractivity (Wildman–Crippen MR) is 109 cm³/mol. The molecule has 2 saturated heterocycles. The third-order valence-electron chi connectivity index (χ3n) is 5.87. The van der Waals surface area contributed by atoms with Crippen molar-refractivity contribution in [2.75, 3.05) is 57.4 Å². The smallest absolute Gasteiger partial charge is 0.265 e. The average molecular weight is 386 g/mol. The monoisotopic (exact) mass is 386 g/mol. The second-order valence-corrected chi connectivity index (χ2v) is 7.87. The van der Waals surface area contributed by atoms with Crippen LogP contribution in [0.2, 0.25) is 0 Å². The van der Waals surface area contributed by atoms with Crippen molar-refractivity contribution in [1.82, 2.24) is 10.2 Å². The molecule has 0 bridgehead atoms. The van der Waals surface area contributed by atoms with Crippen LogP contribution in [0.1, 0.15) is 26.2 Å². The molecule has 152 valence electrons. The van der Waals surface area contributed by atoms with E-state index >= 15 is 0 Å². The highest BCUT2D eigenvalue weighted by Crippen LogP contribution is 2.38. The summed E-state index contributed by atoms with van der Waals surface area (Å²) in [5, 5.41) is 3.43. The van der Waals surface area contributed by atoms with Crippen molar-refractivity contribution in [3.05, 3.63) is 24.3 Å². The topological polar surface area (TPSA) is 66.4 Å². The summed E-state index contributed by atoms with van der Waals surface area (Å²) < 4.78 is 11.2. The first-order valence-corrected chi connectivity index (χ1v) is 10.3. The number of hydrogen-bond donors (Lipinski definition) is 1. The number of rotatable bonds is 5. The van der Waals surface area contributed by atoms with Gasteiger partial charge < -0.3 is 24.6 Å². The van der Waals surface area contributed by atoms with Crippen molar-refractivity contribution in [3.8, 4) is 5.75 Å². The third kappa shape index (κ3) is 3.94. The second-order valence-electron chi connectivity index (χ2n) is 7.87. The van der Waals surface area contributed by atoms with Gasteiger partial charge in [0, 0.05) is 44.7 Å². The number of para-hydroxylation sites is 2. The van der Waals surface area contributed by atoms with Crippen molar-refractivity contribution in [3.63, 3.8) is 0 Å². The highest BCUT2D eigenvalue weighted by Gasteiger charge is 2.42. The Hall–Kier alpha value is -2.28. The minimum atomic E-state index is 0.0114. The quantitative estimate of drug-likeness (QED) is 0.476. The summed E-state index contributed by atoms with van der Waals surface area (Å²) in [5.74, 6) is 1.78. The largest absolute Gasteiger partial charge is 0.482 e. The summed E-state index contributed by atoms with van der Waals surface area (Å²) in [5.41, 5.74) is 1.18. The number of hydrogen-bond acceptors (Lipinski definition) is 4. The van der Waals surface area contributed by atoms with Gasteiger partial charge in [0.15, 0.2) is 12.6 Å². The van der Waals surface area contributed by atoms with E-state index in [1.807, 2.05) is 29.2 Å². The number of nitrogens with one attached hydrogen (secondary N) is 1. The number of carbonyl (C=O) groups excluding carboxylic acids is 1. The maximum Gasteiger partial charge on any atom is 0.265 e. The molecule has 7 nitrogen and oxygen atoms in total. The van der Waals surface area contributed by atoms with Gasteiger partial charge in [-0.1, -0.05) is 12.1 Å². The normalized spacial score (nSPS) is 24.6. The molecule has 4 rings (SSSR count). The first-order valence-electron chi connectivity index (χ1n) is 10.3. The molecule has 1 atom stereocenters. The van der Waals surface area contributed by atoms with Crippen LogP contribution < -0.4 is 15.0 Å². The number of ether oxygens (including phenoxy) is 2. The highest BCUT2D eigenvalue weighted by atomic mass is 16.5. The number of nitrogens with zero attached hydrogens (tertiary/aromatic N) is 3. The van der Waals surface area contributed by atoms with Gasteiger partial charge in [0.05, 0.1) is 12.3 Å². The van der Waals surface area contributed by atoms with E-state index in [1.54, 1.807) is 0 Å². The molecule has 0 aliphatic carbocycles. The maximum atomic E-state index is 12.3. The van der Waals surface area contributed by atoms with E-state index in [2.05, 4.69) is 17.1 Å². The zero-order valence-corrected chi connectivity index (χ0v) is 16.7. The molecule has 1 aromatic rings. The number of anilines is 1. The molecule has 28 heavy (non-hydrogen) atoms. The zero-order chi connectivity index (χ0) is 19.4. The fourth-order valence-corrected chi connectivity index (χ4v) is 4.33. The summed E-state index contributed by atoms with van der Waals surface area (Å²) in [6.45, 7) is 8.23. The lowest BCUT2D eigenvalue weighted by Gasteiger charge is -2.29. The summed E-state index contributed by atoms with van der Waals surface area (Å²) >= 11 is 0. The number of likely N-dealkylation sites (tertiary alicyclic amines) is 1. The Labute approximate surface area is 166 Å². The summed E-state index contributed by atoms with van der Waals surface area (Å²) in [4.78, 5) is 21.3. The molecule has 1 spiro atoms. The van der Waals surface area contributed by atoms with E-state index in [0.717, 1.165) is 63.1 Å². The number of guanidine groups is 1. The second kappa shape index (κ2) is 8.39. The van der Waals surface area contributed by atoms with Crippen LogP contribution >= 0.6 is 0 Å². The number of aliphatic imine (C=N–C) groups is 1. The number of carbonyl (C=O) groups is 1. The molecule has 2 fully saturated rings. The van der Waals surface area contributed by atoms with E-state index in [1.165, 1.54) is 6.42 Å². The molecule has 0 saturated carbocycles. The molecule has 3 heterocycles. The lowest BCUT2D eigenvalue weighted by atomic mass is 9.87. The van der Waals surface area contributed by atoms with Crippen LogP contribution in [0.5, 0.6) is 5.75 Å².